The second kappa shape index (κ2) is 7.22. The van der Waals surface area contributed by atoms with Gasteiger partial charge in [0.2, 0.25) is 11.8 Å². The number of likely N-dealkylation sites (N-methyl/N-ethyl adjacent to an activating group) is 1. The van der Waals surface area contributed by atoms with Crippen LogP contribution in [0.25, 0.3) is 0 Å². The molecule has 1 atom stereocenters. The lowest BCUT2D eigenvalue weighted by molar-refractivity contribution is -0.137. The fraction of sp³-hybridized carbons (Fsp3) is 0.818. The molecule has 0 saturated heterocycles. The molecule has 0 spiro atoms. The van der Waals surface area contributed by atoms with Crippen molar-refractivity contribution in [3.05, 3.63) is 0 Å². The Kier molecular flexibility index (Phi) is 6.72. The fourth-order valence-corrected chi connectivity index (χ4v) is 1.29. The van der Waals surface area contributed by atoms with Crippen molar-refractivity contribution in [1.82, 2.24) is 10.2 Å². The number of carbonyl (C=O) groups is 2. The first-order valence-corrected chi connectivity index (χ1v) is 5.69. The third kappa shape index (κ3) is 4.61. The zero-order valence-corrected chi connectivity index (χ0v) is 10.6. The number of amides is 2. The van der Waals surface area contributed by atoms with Crippen LogP contribution in [0.2, 0.25) is 0 Å². The van der Waals surface area contributed by atoms with E-state index in [2.05, 4.69) is 5.32 Å². The van der Waals surface area contributed by atoms with Gasteiger partial charge in [0, 0.05) is 13.6 Å². The SMILES string of the molecule is CCCN(CC(=O)NC)C(=O)[C@H](N)C(C)C. The summed E-state index contributed by atoms with van der Waals surface area (Å²) >= 11 is 0. The molecule has 0 fully saturated rings. The van der Waals surface area contributed by atoms with Crippen molar-refractivity contribution in [1.29, 1.82) is 0 Å². The fourth-order valence-electron chi connectivity index (χ4n) is 1.29. The molecule has 0 rings (SSSR count). The molecule has 0 aromatic carbocycles. The molecule has 3 N–H and O–H groups in total. The molecule has 5 nitrogen and oxygen atoms in total. The summed E-state index contributed by atoms with van der Waals surface area (Å²) in [6.45, 7) is 6.40. The summed E-state index contributed by atoms with van der Waals surface area (Å²) < 4.78 is 0. The van der Waals surface area contributed by atoms with Gasteiger partial charge in [-0.3, -0.25) is 9.59 Å². The van der Waals surface area contributed by atoms with E-state index in [1.54, 1.807) is 7.05 Å². The minimum Gasteiger partial charge on any atom is -0.358 e. The summed E-state index contributed by atoms with van der Waals surface area (Å²) in [5.74, 6) is -0.241. The summed E-state index contributed by atoms with van der Waals surface area (Å²) in [6, 6.07) is -0.531. The molecule has 94 valence electrons. The van der Waals surface area contributed by atoms with Gasteiger partial charge in [-0.25, -0.2) is 0 Å². The van der Waals surface area contributed by atoms with E-state index in [0.29, 0.717) is 6.54 Å². The lowest BCUT2D eigenvalue weighted by Gasteiger charge is -2.26. The van der Waals surface area contributed by atoms with E-state index in [9.17, 15) is 9.59 Å². The Balaban J connectivity index is 4.51. The predicted molar refractivity (Wildman–Crippen MR) is 63.8 cm³/mol. The smallest absolute Gasteiger partial charge is 0.240 e. The molecular weight excluding hydrogens is 206 g/mol. The normalized spacial score (nSPS) is 12.4. The van der Waals surface area contributed by atoms with E-state index in [-0.39, 0.29) is 24.3 Å². The molecule has 5 heteroatoms. The molecule has 0 unspecified atom stereocenters. The molecule has 0 radical (unpaired) electrons. The molecule has 0 heterocycles. The van der Waals surface area contributed by atoms with Gasteiger partial charge < -0.3 is 16.0 Å². The first-order valence-electron chi connectivity index (χ1n) is 5.69. The molecule has 0 aliphatic heterocycles. The minimum atomic E-state index is -0.531. The summed E-state index contributed by atoms with van der Waals surface area (Å²) in [7, 11) is 1.55. The Hall–Kier alpha value is -1.10. The van der Waals surface area contributed by atoms with Crippen LogP contribution in [0.3, 0.4) is 0 Å². The first kappa shape index (κ1) is 14.9. The highest BCUT2D eigenvalue weighted by atomic mass is 16.2. The second-order valence-electron chi connectivity index (χ2n) is 4.20. The topological polar surface area (TPSA) is 75.4 Å². The minimum absolute atomic E-state index is 0.0801. The largest absolute Gasteiger partial charge is 0.358 e. The monoisotopic (exact) mass is 229 g/mol. The Morgan fingerprint density at radius 1 is 1.38 bits per heavy atom. The molecular formula is C11H23N3O2. The van der Waals surface area contributed by atoms with Crippen molar-refractivity contribution >= 4 is 11.8 Å². The van der Waals surface area contributed by atoms with Crippen LogP contribution in [0.4, 0.5) is 0 Å². The summed E-state index contributed by atoms with van der Waals surface area (Å²) in [6.07, 6.45) is 0.813. The number of hydrogen-bond donors (Lipinski definition) is 2. The average molecular weight is 229 g/mol. The number of carbonyl (C=O) groups excluding carboxylic acids is 2. The number of rotatable bonds is 6. The van der Waals surface area contributed by atoms with Crippen LogP contribution in [0.5, 0.6) is 0 Å². The van der Waals surface area contributed by atoms with Crippen LogP contribution in [-0.2, 0) is 9.59 Å². The number of nitrogens with two attached hydrogens (primary N) is 1. The van der Waals surface area contributed by atoms with Gasteiger partial charge in [-0.15, -0.1) is 0 Å². The molecule has 0 bridgehead atoms. The lowest BCUT2D eigenvalue weighted by atomic mass is 10.0. The Labute approximate surface area is 97.4 Å². The highest BCUT2D eigenvalue weighted by Crippen LogP contribution is 2.04. The zero-order valence-electron chi connectivity index (χ0n) is 10.6. The van der Waals surface area contributed by atoms with Gasteiger partial charge in [0.1, 0.15) is 0 Å². The van der Waals surface area contributed by atoms with E-state index in [4.69, 9.17) is 5.73 Å². The van der Waals surface area contributed by atoms with Gasteiger partial charge >= 0.3 is 0 Å². The van der Waals surface area contributed by atoms with Crippen LogP contribution in [0.15, 0.2) is 0 Å². The molecule has 2 amide bonds. The van der Waals surface area contributed by atoms with Crippen molar-refractivity contribution in [2.75, 3.05) is 20.1 Å². The van der Waals surface area contributed by atoms with Gasteiger partial charge in [0.15, 0.2) is 0 Å². The highest BCUT2D eigenvalue weighted by Gasteiger charge is 2.24. The molecule has 0 aliphatic rings. The van der Waals surface area contributed by atoms with E-state index >= 15 is 0 Å². The van der Waals surface area contributed by atoms with E-state index in [1.165, 1.54) is 4.90 Å². The van der Waals surface area contributed by atoms with Crippen molar-refractivity contribution in [3.63, 3.8) is 0 Å². The third-order valence-corrected chi connectivity index (χ3v) is 2.42. The Morgan fingerprint density at radius 2 is 1.94 bits per heavy atom. The predicted octanol–water partition coefficient (Wildman–Crippen LogP) is -0.0457. The highest BCUT2D eigenvalue weighted by molar-refractivity contribution is 5.87. The standard InChI is InChI=1S/C11H23N3O2/c1-5-6-14(7-9(15)13-4)11(16)10(12)8(2)3/h8,10H,5-7,12H2,1-4H3,(H,13,15)/t10-/m1/s1. The van der Waals surface area contributed by atoms with Crippen LogP contribution >= 0.6 is 0 Å². The molecule has 0 aromatic heterocycles. The molecule has 16 heavy (non-hydrogen) atoms. The van der Waals surface area contributed by atoms with Crippen LogP contribution in [0, 0.1) is 5.92 Å². The van der Waals surface area contributed by atoms with Gasteiger partial charge in [0.25, 0.3) is 0 Å². The molecule has 0 saturated carbocycles. The first-order chi connectivity index (χ1) is 7.43. The number of nitrogens with one attached hydrogen (secondary N) is 1. The van der Waals surface area contributed by atoms with Gasteiger partial charge in [-0.2, -0.15) is 0 Å². The van der Waals surface area contributed by atoms with Crippen molar-refractivity contribution in [3.8, 4) is 0 Å². The summed E-state index contributed by atoms with van der Waals surface area (Å²) in [5.41, 5.74) is 5.79. The van der Waals surface area contributed by atoms with E-state index < -0.39 is 6.04 Å². The van der Waals surface area contributed by atoms with Crippen molar-refractivity contribution in [2.24, 2.45) is 11.7 Å². The third-order valence-electron chi connectivity index (χ3n) is 2.42. The van der Waals surface area contributed by atoms with Gasteiger partial charge in [-0.1, -0.05) is 20.8 Å². The van der Waals surface area contributed by atoms with Crippen molar-refractivity contribution < 1.29 is 9.59 Å². The van der Waals surface area contributed by atoms with Crippen molar-refractivity contribution in [2.45, 2.75) is 33.2 Å². The Bertz CT molecular complexity index is 241. The molecule has 0 aliphatic carbocycles. The van der Waals surface area contributed by atoms with E-state index in [0.717, 1.165) is 6.42 Å². The zero-order chi connectivity index (χ0) is 12.7. The maximum Gasteiger partial charge on any atom is 0.240 e. The van der Waals surface area contributed by atoms with Crippen LogP contribution < -0.4 is 11.1 Å². The maximum atomic E-state index is 11.9. The second-order valence-corrected chi connectivity index (χ2v) is 4.20. The van der Waals surface area contributed by atoms with Crippen LogP contribution in [0.1, 0.15) is 27.2 Å². The summed E-state index contributed by atoms with van der Waals surface area (Å²) in [5, 5.41) is 2.50. The average Bonchev–Trinajstić information content (AvgIpc) is 2.26. The molecule has 0 aromatic rings. The van der Waals surface area contributed by atoms with Gasteiger partial charge in [-0.05, 0) is 12.3 Å². The number of hydrogen-bond acceptors (Lipinski definition) is 3. The summed E-state index contributed by atoms with van der Waals surface area (Å²) in [4.78, 5) is 24.7. The van der Waals surface area contributed by atoms with Gasteiger partial charge in [0.05, 0.1) is 12.6 Å². The quantitative estimate of drug-likeness (QED) is 0.671. The van der Waals surface area contributed by atoms with E-state index in [1.807, 2.05) is 20.8 Å². The lowest BCUT2D eigenvalue weighted by Crippen LogP contribution is -2.49. The Morgan fingerprint density at radius 3 is 2.31 bits per heavy atom. The van der Waals surface area contributed by atoms with Crippen LogP contribution in [-0.4, -0.2) is 42.9 Å². The maximum absolute atomic E-state index is 11.9. The number of nitrogens with zero attached hydrogens (tertiary/aromatic N) is 1.